The molecule has 5 nitrogen and oxygen atoms in total. The van der Waals surface area contributed by atoms with Crippen molar-refractivity contribution in [2.24, 2.45) is 5.92 Å². The van der Waals surface area contributed by atoms with E-state index in [1.807, 2.05) is 25.1 Å². The molecule has 0 spiro atoms. The highest BCUT2D eigenvalue weighted by Crippen LogP contribution is 2.32. The summed E-state index contributed by atoms with van der Waals surface area (Å²) in [5, 5.41) is 3.08. The molecule has 0 unspecified atom stereocenters. The first-order chi connectivity index (χ1) is 11.1. The third-order valence-electron chi connectivity index (χ3n) is 4.69. The predicted octanol–water partition coefficient (Wildman–Crippen LogP) is 2.37. The topological polar surface area (TPSA) is 50.8 Å². The summed E-state index contributed by atoms with van der Waals surface area (Å²) in [6, 6.07) is 5.82. The van der Waals surface area contributed by atoms with Crippen LogP contribution in [0.25, 0.3) is 0 Å². The number of ether oxygens (including phenoxy) is 2. The van der Waals surface area contributed by atoms with Gasteiger partial charge in [-0.05, 0) is 56.5 Å². The van der Waals surface area contributed by atoms with Crippen LogP contribution >= 0.6 is 0 Å². The Morgan fingerprint density at radius 2 is 1.96 bits per heavy atom. The van der Waals surface area contributed by atoms with Crippen LogP contribution in [-0.2, 0) is 4.79 Å². The lowest BCUT2D eigenvalue weighted by molar-refractivity contribution is -0.123. The predicted molar refractivity (Wildman–Crippen MR) is 88.8 cm³/mol. The maximum Gasteiger partial charge on any atom is 0.234 e. The summed E-state index contributed by atoms with van der Waals surface area (Å²) < 4.78 is 11.1. The van der Waals surface area contributed by atoms with E-state index >= 15 is 0 Å². The number of likely N-dealkylation sites (tertiary alicyclic amines) is 1. The molecule has 0 radical (unpaired) electrons. The molecule has 2 aliphatic rings. The molecule has 0 aliphatic carbocycles. The Balaban J connectivity index is 1.54. The fraction of sp³-hybridized carbons (Fsp3) is 0.611. The third-order valence-corrected chi connectivity index (χ3v) is 4.69. The lowest BCUT2D eigenvalue weighted by Gasteiger charge is -2.30. The number of rotatable bonds is 4. The van der Waals surface area contributed by atoms with Gasteiger partial charge in [0.1, 0.15) is 13.2 Å². The zero-order chi connectivity index (χ0) is 16.2. The molecular weight excluding hydrogens is 292 g/mol. The molecule has 1 N–H and O–H groups in total. The van der Waals surface area contributed by atoms with Gasteiger partial charge in [0.05, 0.1) is 12.6 Å². The molecule has 23 heavy (non-hydrogen) atoms. The van der Waals surface area contributed by atoms with Gasteiger partial charge in [0.15, 0.2) is 11.5 Å². The van der Waals surface area contributed by atoms with Crippen molar-refractivity contribution in [1.82, 2.24) is 10.2 Å². The molecule has 1 saturated heterocycles. The largest absolute Gasteiger partial charge is 0.486 e. The Kier molecular flexibility index (Phi) is 5.06. The molecule has 1 fully saturated rings. The van der Waals surface area contributed by atoms with Gasteiger partial charge < -0.3 is 14.8 Å². The van der Waals surface area contributed by atoms with E-state index < -0.39 is 0 Å². The van der Waals surface area contributed by atoms with Crippen molar-refractivity contribution in [1.29, 1.82) is 0 Å². The van der Waals surface area contributed by atoms with Crippen LogP contribution in [0.15, 0.2) is 18.2 Å². The number of amides is 1. The van der Waals surface area contributed by atoms with E-state index in [1.165, 1.54) is 12.8 Å². The number of fused-ring (bicyclic) bond motifs is 1. The summed E-state index contributed by atoms with van der Waals surface area (Å²) in [6.07, 6.45) is 2.37. The Labute approximate surface area is 137 Å². The molecule has 1 amide bonds. The van der Waals surface area contributed by atoms with Crippen LogP contribution in [0.1, 0.15) is 38.3 Å². The number of hydrogen-bond donors (Lipinski definition) is 1. The smallest absolute Gasteiger partial charge is 0.234 e. The Bertz CT molecular complexity index is 553. The first-order valence-electron chi connectivity index (χ1n) is 8.53. The minimum absolute atomic E-state index is 0.0398. The maximum atomic E-state index is 12.3. The Morgan fingerprint density at radius 1 is 1.26 bits per heavy atom. The van der Waals surface area contributed by atoms with Gasteiger partial charge in [0.25, 0.3) is 0 Å². The van der Waals surface area contributed by atoms with Gasteiger partial charge >= 0.3 is 0 Å². The minimum Gasteiger partial charge on any atom is -0.486 e. The summed E-state index contributed by atoms with van der Waals surface area (Å²) in [4.78, 5) is 14.5. The van der Waals surface area contributed by atoms with Crippen LogP contribution in [-0.4, -0.2) is 43.7 Å². The van der Waals surface area contributed by atoms with E-state index in [0.29, 0.717) is 19.8 Å². The van der Waals surface area contributed by atoms with Crippen molar-refractivity contribution in [2.75, 3.05) is 32.8 Å². The van der Waals surface area contributed by atoms with Gasteiger partial charge in [-0.2, -0.15) is 0 Å². The van der Waals surface area contributed by atoms with E-state index in [2.05, 4.69) is 17.1 Å². The zero-order valence-corrected chi connectivity index (χ0v) is 14.0. The molecule has 0 bridgehead atoms. The highest BCUT2D eigenvalue weighted by Gasteiger charge is 2.20. The van der Waals surface area contributed by atoms with E-state index in [4.69, 9.17) is 9.47 Å². The molecule has 1 aromatic rings. The summed E-state index contributed by atoms with van der Waals surface area (Å²) in [7, 11) is 0. The van der Waals surface area contributed by atoms with Crippen LogP contribution in [0.2, 0.25) is 0 Å². The number of nitrogens with zero attached hydrogens (tertiary/aromatic N) is 1. The zero-order valence-electron chi connectivity index (χ0n) is 14.0. The molecule has 126 valence electrons. The van der Waals surface area contributed by atoms with Crippen molar-refractivity contribution >= 4 is 5.91 Å². The summed E-state index contributed by atoms with van der Waals surface area (Å²) >= 11 is 0. The molecule has 1 aromatic carbocycles. The van der Waals surface area contributed by atoms with Crippen molar-refractivity contribution in [3.63, 3.8) is 0 Å². The van der Waals surface area contributed by atoms with Gasteiger partial charge in [-0.3, -0.25) is 9.69 Å². The number of hydrogen-bond acceptors (Lipinski definition) is 4. The summed E-state index contributed by atoms with van der Waals surface area (Å²) in [5.41, 5.74) is 1.04. The molecule has 1 atom stereocenters. The molecule has 5 heteroatoms. The minimum atomic E-state index is -0.0398. The molecule has 0 saturated carbocycles. The van der Waals surface area contributed by atoms with Gasteiger partial charge in [-0.15, -0.1) is 0 Å². The summed E-state index contributed by atoms with van der Waals surface area (Å²) in [6.45, 7) is 7.97. The van der Waals surface area contributed by atoms with E-state index in [9.17, 15) is 4.79 Å². The molecule has 2 heterocycles. The highest BCUT2D eigenvalue weighted by atomic mass is 16.6. The SMILES string of the molecule is CC1CCN(CC(=O)N[C@H](C)c2ccc3c(c2)OCCO3)CC1. The van der Waals surface area contributed by atoms with Crippen LogP contribution in [0, 0.1) is 5.92 Å². The van der Waals surface area contributed by atoms with Crippen LogP contribution in [0.3, 0.4) is 0 Å². The molecular formula is C18H26N2O3. The average molecular weight is 318 g/mol. The van der Waals surface area contributed by atoms with Gasteiger partial charge in [-0.1, -0.05) is 13.0 Å². The third kappa shape index (κ3) is 4.16. The first-order valence-corrected chi connectivity index (χ1v) is 8.53. The number of benzene rings is 1. The number of piperidine rings is 1. The second-order valence-corrected chi connectivity index (χ2v) is 6.65. The quantitative estimate of drug-likeness (QED) is 0.926. The number of carbonyl (C=O) groups excluding carboxylic acids is 1. The number of carbonyl (C=O) groups is 1. The lowest BCUT2D eigenvalue weighted by atomic mass is 9.99. The van der Waals surface area contributed by atoms with Crippen molar-refractivity contribution < 1.29 is 14.3 Å². The van der Waals surface area contributed by atoms with Crippen LogP contribution in [0.5, 0.6) is 11.5 Å². The Morgan fingerprint density at radius 3 is 2.70 bits per heavy atom. The normalized spacial score (nSPS) is 20.1. The second-order valence-electron chi connectivity index (χ2n) is 6.65. The lowest BCUT2D eigenvalue weighted by Crippen LogP contribution is -2.41. The molecule has 0 aromatic heterocycles. The van der Waals surface area contributed by atoms with Gasteiger partial charge in [0.2, 0.25) is 5.91 Å². The fourth-order valence-corrected chi connectivity index (χ4v) is 3.12. The van der Waals surface area contributed by atoms with Gasteiger partial charge in [0, 0.05) is 0 Å². The van der Waals surface area contributed by atoms with E-state index in [1.54, 1.807) is 0 Å². The highest BCUT2D eigenvalue weighted by molar-refractivity contribution is 5.78. The molecule has 2 aliphatic heterocycles. The maximum absolute atomic E-state index is 12.3. The monoisotopic (exact) mass is 318 g/mol. The van der Waals surface area contributed by atoms with Crippen LogP contribution < -0.4 is 14.8 Å². The van der Waals surface area contributed by atoms with Crippen molar-refractivity contribution in [3.8, 4) is 11.5 Å². The van der Waals surface area contributed by atoms with Crippen molar-refractivity contribution in [2.45, 2.75) is 32.7 Å². The second kappa shape index (κ2) is 7.21. The molecule has 3 rings (SSSR count). The van der Waals surface area contributed by atoms with E-state index in [-0.39, 0.29) is 11.9 Å². The number of nitrogens with one attached hydrogen (secondary N) is 1. The first kappa shape index (κ1) is 16.1. The average Bonchev–Trinajstić information content (AvgIpc) is 2.56. The fourth-order valence-electron chi connectivity index (χ4n) is 3.12. The van der Waals surface area contributed by atoms with Crippen molar-refractivity contribution in [3.05, 3.63) is 23.8 Å². The van der Waals surface area contributed by atoms with Crippen LogP contribution in [0.4, 0.5) is 0 Å². The standard InChI is InChI=1S/C18H26N2O3/c1-13-5-7-20(8-6-13)12-18(21)19-14(2)15-3-4-16-17(11-15)23-10-9-22-16/h3-4,11,13-14H,5-10,12H2,1-2H3,(H,19,21)/t14-/m1/s1. The Hall–Kier alpha value is -1.75. The van der Waals surface area contributed by atoms with Gasteiger partial charge in [-0.25, -0.2) is 0 Å². The summed E-state index contributed by atoms with van der Waals surface area (Å²) in [5.74, 6) is 2.41. The van der Waals surface area contributed by atoms with E-state index in [0.717, 1.165) is 36.1 Å².